The van der Waals surface area contributed by atoms with Crippen LogP contribution >= 0.6 is 0 Å². The molecule has 1 aromatic rings. The average molecular weight is 434 g/mol. The van der Waals surface area contributed by atoms with Gasteiger partial charge in [-0.1, -0.05) is 0 Å². The van der Waals surface area contributed by atoms with Crippen molar-refractivity contribution < 1.29 is 28.0 Å². The van der Waals surface area contributed by atoms with E-state index in [2.05, 4.69) is 10.6 Å². The molecule has 31 heavy (non-hydrogen) atoms. The Hall–Kier alpha value is -2.72. The van der Waals surface area contributed by atoms with Crippen molar-refractivity contribution in [3.63, 3.8) is 0 Å². The number of fused-ring (bicyclic) bond motifs is 1. The number of hydrogen-bond donors (Lipinski definition) is 2. The van der Waals surface area contributed by atoms with Gasteiger partial charge in [-0.2, -0.15) is 0 Å². The molecule has 0 spiro atoms. The number of carbonyl (C=O) groups excluding carboxylic acids is 4. The largest absolute Gasteiger partial charge is 0.361 e. The fraction of sp³-hybridized carbons (Fsp3) is 0.524. The van der Waals surface area contributed by atoms with Crippen molar-refractivity contribution in [3.05, 3.63) is 28.8 Å². The Morgan fingerprint density at radius 1 is 1.19 bits per heavy atom. The van der Waals surface area contributed by atoms with Gasteiger partial charge in [0.1, 0.15) is 6.04 Å². The molecule has 8 nitrogen and oxygen atoms in total. The molecule has 0 radical (unpaired) electrons. The number of ketones is 1. The molecule has 4 atom stereocenters. The van der Waals surface area contributed by atoms with Gasteiger partial charge in [-0.25, -0.2) is 8.78 Å². The summed E-state index contributed by atoms with van der Waals surface area (Å²) < 4.78 is 29.9. The first-order chi connectivity index (χ1) is 14.7. The summed E-state index contributed by atoms with van der Waals surface area (Å²) >= 11 is 0. The second-order valence-corrected chi connectivity index (χ2v) is 8.42. The second kappa shape index (κ2) is 8.08. The summed E-state index contributed by atoms with van der Waals surface area (Å²) in [5.74, 6) is -3.97. The van der Waals surface area contributed by atoms with E-state index in [1.54, 1.807) is 4.90 Å². The standard InChI is InChI=1S/C21H24F2N4O4/c1-10-6-24-7-11(2)27(10)20-17-12(5-13(22)18(20)23)8-26(19(17)15(29)9-28)14-3-4-16(30)25-21(14)31/h5,9-11,14,19,24H,3-4,6-8H2,1-2H3,(H,25,30,31). The summed E-state index contributed by atoms with van der Waals surface area (Å²) in [5, 5.41) is 5.46. The van der Waals surface area contributed by atoms with Gasteiger partial charge in [-0.05, 0) is 31.9 Å². The van der Waals surface area contributed by atoms with Gasteiger partial charge in [0, 0.05) is 43.7 Å². The molecule has 10 heteroatoms. The minimum Gasteiger partial charge on any atom is -0.361 e. The lowest BCUT2D eigenvalue weighted by Crippen LogP contribution is -2.56. The molecular formula is C21H24F2N4O4. The molecule has 0 bridgehead atoms. The number of halogens is 2. The van der Waals surface area contributed by atoms with Crippen molar-refractivity contribution in [3.8, 4) is 0 Å². The summed E-state index contributed by atoms with van der Waals surface area (Å²) in [4.78, 5) is 51.5. The molecule has 0 aromatic heterocycles. The van der Waals surface area contributed by atoms with Crippen LogP contribution in [-0.4, -0.2) is 60.0 Å². The summed E-state index contributed by atoms with van der Waals surface area (Å²) in [5.41, 5.74) is 0.546. The number of piperidine rings is 1. The molecule has 3 aliphatic rings. The van der Waals surface area contributed by atoms with Crippen LogP contribution in [0.25, 0.3) is 0 Å². The van der Waals surface area contributed by atoms with Crippen LogP contribution in [0.2, 0.25) is 0 Å². The van der Waals surface area contributed by atoms with Gasteiger partial charge in [0.25, 0.3) is 0 Å². The Bertz CT molecular complexity index is 959. The van der Waals surface area contributed by atoms with E-state index in [0.29, 0.717) is 18.7 Å². The number of nitrogens with zero attached hydrogens (tertiary/aromatic N) is 2. The lowest BCUT2D eigenvalue weighted by Gasteiger charge is -2.43. The number of nitrogens with one attached hydrogen (secondary N) is 2. The Labute approximate surface area is 177 Å². The smallest absolute Gasteiger partial charge is 0.243 e. The quantitative estimate of drug-likeness (QED) is 0.406. The minimum atomic E-state index is -1.23. The van der Waals surface area contributed by atoms with Crippen molar-refractivity contribution in [2.45, 2.75) is 57.4 Å². The van der Waals surface area contributed by atoms with Gasteiger partial charge in [-0.3, -0.25) is 29.4 Å². The van der Waals surface area contributed by atoms with Crippen LogP contribution in [0.15, 0.2) is 6.07 Å². The van der Waals surface area contributed by atoms with E-state index in [-0.39, 0.29) is 49.0 Å². The van der Waals surface area contributed by atoms with Crippen LogP contribution < -0.4 is 15.5 Å². The molecule has 4 rings (SSSR count). The van der Waals surface area contributed by atoms with Crippen LogP contribution in [0.3, 0.4) is 0 Å². The molecule has 2 fully saturated rings. The minimum absolute atomic E-state index is 0.00902. The monoisotopic (exact) mass is 434 g/mol. The fourth-order valence-electron chi connectivity index (χ4n) is 5.05. The molecule has 2 saturated heterocycles. The lowest BCUT2D eigenvalue weighted by molar-refractivity contribution is -0.141. The van der Waals surface area contributed by atoms with E-state index in [9.17, 15) is 23.6 Å². The summed E-state index contributed by atoms with van der Waals surface area (Å²) in [6.45, 7) is 4.80. The van der Waals surface area contributed by atoms with Crippen LogP contribution in [0.5, 0.6) is 0 Å². The number of benzene rings is 1. The van der Waals surface area contributed by atoms with Crippen molar-refractivity contribution in [1.29, 1.82) is 0 Å². The van der Waals surface area contributed by atoms with Gasteiger partial charge in [0.05, 0.1) is 11.7 Å². The Morgan fingerprint density at radius 2 is 1.87 bits per heavy atom. The van der Waals surface area contributed by atoms with Gasteiger partial charge in [-0.15, -0.1) is 0 Å². The van der Waals surface area contributed by atoms with Crippen LogP contribution in [0.4, 0.5) is 14.5 Å². The van der Waals surface area contributed by atoms with Gasteiger partial charge in [0.15, 0.2) is 17.9 Å². The normalized spacial score (nSPS) is 29.0. The molecule has 1 aromatic carbocycles. The Balaban J connectivity index is 1.86. The average Bonchev–Trinajstić information content (AvgIpc) is 3.08. The fourth-order valence-corrected chi connectivity index (χ4v) is 5.05. The summed E-state index contributed by atoms with van der Waals surface area (Å²) in [7, 11) is 0. The molecule has 2 amide bonds. The number of carbonyl (C=O) groups is 4. The zero-order chi connectivity index (χ0) is 22.4. The van der Waals surface area contributed by atoms with E-state index < -0.39 is 41.3 Å². The number of amides is 2. The Morgan fingerprint density at radius 3 is 2.48 bits per heavy atom. The summed E-state index contributed by atoms with van der Waals surface area (Å²) in [6.07, 6.45) is 0.378. The molecule has 166 valence electrons. The van der Waals surface area contributed by atoms with E-state index in [4.69, 9.17) is 0 Å². The first-order valence-corrected chi connectivity index (χ1v) is 10.3. The maximum Gasteiger partial charge on any atom is 0.243 e. The van der Waals surface area contributed by atoms with Crippen LogP contribution in [-0.2, 0) is 25.7 Å². The predicted molar refractivity (Wildman–Crippen MR) is 106 cm³/mol. The number of imide groups is 1. The first-order valence-electron chi connectivity index (χ1n) is 10.3. The van der Waals surface area contributed by atoms with E-state index in [1.165, 1.54) is 4.90 Å². The first kappa shape index (κ1) is 21.5. The number of piperazine rings is 1. The van der Waals surface area contributed by atoms with Crippen LogP contribution in [0, 0.1) is 11.6 Å². The predicted octanol–water partition coefficient (Wildman–Crippen LogP) is 0.581. The van der Waals surface area contributed by atoms with E-state index in [0.717, 1.165) is 6.07 Å². The second-order valence-electron chi connectivity index (χ2n) is 8.42. The molecule has 3 aliphatic heterocycles. The molecule has 2 N–H and O–H groups in total. The molecule has 0 saturated carbocycles. The molecular weight excluding hydrogens is 410 g/mol. The van der Waals surface area contributed by atoms with Gasteiger partial charge < -0.3 is 10.2 Å². The third-order valence-corrected chi connectivity index (χ3v) is 6.36. The number of hydrogen-bond acceptors (Lipinski definition) is 7. The van der Waals surface area contributed by atoms with Gasteiger partial charge in [0.2, 0.25) is 17.6 Å². The lowest BCUT2D eigenvalue weighted by atomic mass is 9.94. The highest BCUT2D eigenvalue weighted by atomic mass is 19.2. The summed E-state index contributed by atoms with van der Waals surface area (Å²) in [6, 6.07) is -1.45. The van der Waals surface area contributed by atoms with E-state index >= 15 is 4.39 Å². The number of aldehydes is 1. The SMILES string of the molecule is CC1CNCC(C)N1c1c(F)c(F)cc2c1C(C(=O)C=O)N(C1CCC(=O)NC1=O)C2. The van der Waals surface area contributed by atoms with Crippen molar-refractivity contribution in [1.82, 2.24) is 15.5 Å². The van der Waals surface area contributed by atoms with Crippen LogP contribution in [0.1, 0.15) is 43.9 Å². The Kier molecular flexibility index (Phi) is 5.61. The zero-order valence-corrected chi connectivity index (χ0v) is 17.3. The maximum absolute atomic E-state index is 15.2. The third-order valence-electron chi connectivity index (χ3n) is 6.36. The highest BCUT2D eigenvalue weighted by molar-refractivity contribution is 6.28. The zero-order valence-electron chi connectivity index (χ0n) is 17.3. The highest BCUT2D eigenvalue weighted by Crippen LogP contribution is 2.45. The number of Topliss-reactive ketones (excluding diaryl/α,β-unsaturated/α-hetero) is 1. The van der Waals surface area contributed by atoms with Crippen molar-refractivity contribution in [2.75, 3.05) is 18.0 Å². The highest BCUT2D eigenvalue weighted by Gasteiger charge is 2.47. The number of rotatable bonds is 4. The molecule has 4 unspecified atom stereocenters. The topological polar surface area (TPSA) is 98.8 Å². The third kappa shape index (κ3) is 3.53. The van der Waals surface area contributed by atoms with Crippen molar-refractivity contribution in [2.24, 2.45) is 0 Å². The number of anilines is 1. The van der Waals surface area contributed by atoms with E-state index in [1.807, 2.05) is 13.8 Å². The van der Waals surface area contributed by atoms with Gasteiger partial charge >= 0.3 is 0 Å². The molecule has 3 heterocycles. The van der Waals surface area contributed by atoms with Crippen molar-refractivity contribution >= 4 is 29.6 Å². The maximum atomic E-state index is 15.2. The molecule has 0 aliphatic carbocycles.